The molecule has 0 unspecified atom stereocenters. The molecule has 0 saturated heterocycles. The Labute approximate surface area is 504 Å². The zero-order valence-electron chi connectivity index (χ0n) is 48.2. The number of fused-ring (bicyclic) bond motifs is 8. The Kier molecular flexibility index (Phi) is 11.7. The number of aryl methyl sites for hydroxylation is 2. The Morgan fingerprint density at radius 1 is 0.264 bits per heavy atom. The summed E-state index contributed by atoms with van der Waals surface area (Å²) in [5, 5.41) is 14.6. The van der Waals surface area contributed by atoms with Gasteiger partial charge >= 0.3 is 0 Å². The maximum absolute atomic E-state index is 5.05. The third kappa shape index (κ3) is 8.28. The Balaban J connectivity index is 0.887. The molecule has 0 aliphatic heterocycles. The van der Waals surface area contributed by atoms with Crippen LogP contribution in [0.3, 0.4) is 0 Å². The lowest BCUT2D eigenvalue weighted by Gasteiger charge is -2.20. The normalized spacial score (nSPS) is 11.8. The van der Waals surface area contributed by atoms with Gasteiger partial charge in [-0.1, -0.05) is 225 Å². The summed E-state index contributed by atoms with van der Waals surface area (Å²) in [5.41, 5.74) is 20.7. The summed E-state index contributed by atoms with van der Waals surface area (Å²) in [5.74, 6) is 2.01. The lowest BCUT2D eigenvalue weighted by atomic mass is 9.83. The van der Waals surface area contributed by atoms with E-state index in [1.165, 1.54) is 109 Å². The lowest BCUT2D eigenvalue weighted by Crippen LogP contribution is -2.00. The quantitative estimate of drug-likeness (QED) is 0.135. The number of hydrogen-bond donors (Lipinski definition) is 0. The minimum Gasteiger partial charge on any atom is -0.297 e. The van der Waals surface area contributed by atoms with E-state index in [0.717, 1.165) is 73.8 Å². The number of benzene rings is 15. The molecule has 2 aromatic heterocycles. The second-order valence-electron chi connectivity index (χ2n) is 23.1. The molecule has 0 aliphatic carbocycles. The van der Waals surface area contributed by atoms with Crippen molar-refractivity contribution in [2.75, 3.05) is 0 Å². The number of hydrogen-bond acceptors (Lipinski definition) is 2. The highest BCUT2D eigenvalue weighted by Crippen LogP contribution is 2.49. The van der Waals surface area contributed by atoms with Crippen LogP contribution in [0.1, 0.15) is 18.6 Å². The number of aromatic nitrogens is 4. The predicted octanol–water partition coefficient (Wildman–Crippen LogP) is 22.2. The van der Waals surface area contributed by atoms with Crippen LogP contribution in [-0.2, 0) is 6.42 Å². The van der Waals surface area contributed by atoms with E-state index in [-0.39, 0.29) is 0 Å². The smallest absolute Gasteiger partial charge is 0.114 e. The first-order chi connectivity index (χ1) is 43.0. The van der Waals surface area contributed by atoms with Gasteiger partial charge < -0.3 is 0 Å². The van der Waals surface area contributed by atoms with Gasteiger partial charge in [-0.3, -0.25) is 9.13 Å². The van der Waals surface area contributed by atoms with E-state index in [0.29, 0.717) is 0 Å². The van der Waals surface area contributed by atoms with Crippen molar-refractivity contribution in [2.45, 2.75) is 20.3 Å². The average molecular weight is 1110 g/mol. The van der Waals surface area contributed by atoms with Gasteiger partial charge in [0.15, 0.2) is 0 Å². The molecule has 17 rings (SSSR count). The molecule has 0 bridgehead atoms. The maximum atomic E-state index is 5.05. The van der Waals surface area contributed by atoms with Gasteiger partial charge in [0.05, 0.1) is 22.1 Å². The lowest BCUT2D eigenvalue weighted by molar-refractivity contribution is 0.908. The average Bonchev–Trinajstić information content (AvgIpc) is 1.70. The Morgan fingerprint density at radius 2 is 0.609 bits per heavy atom. The molecular weight excluding hydrogens is 1050 g/mol. The van der Waals surface area contributed by atoms with Gasteiger partial charge in [-0.25, -0.2) is 9.97 Å². The van der Waals surface area contributed by atoms with Crippen molar-refractivity contribution in [1.29, 1.82) is 0 Å². The Morgan fingerprint density at radius 3 is 1.14 bits per heavy atom. The molecule has 0 atom stereocenters. The van der Waals surface area contributed by atoms with Gasteiger partial charge in [0.1, 0.15) is 11.6 Å². The van der Waals surface area contributed by atoms with Crippen molar-refractivity contribution < 1.29 is 0 Å². The summed E-state index contributed by atoms with van der Waals surface area (Å²) < 4.78 is 4.58. The van der Waals surface area contributed by atoms with Crippen LogP contribution < -0.4 is 0 Å². The van der Waals surface area contributed by atoms with Gasteiger partial charge in [-0.05, 0) is 211 Å². The second kappa shape index (κ2) is 20.3. The van der Waals surface area contributed by atoms with Crippen molar-refractivity contribution in [3.05, 3.63) is 303 Å². The van der Waals surface area contributed by atoms with E-state index in [1.807, 2.05) is 0 Å². The highest BCUT2D eigenvalue weighted by Gasteiger charge is 2.22. The van der Waals surface area contributed by atoms with E-state index >= 15 is 0 Å². The third-order valence-corrected chi connectivity index (χ3v) is 18.2. The summed E-state index contributed by atoms with van der Waals surface area (Å²) in [7, 11) is 0. The summed E-state index contributed by atoms with van der Waals surface area (Å²) in [6.45, 7) is 4.28. The minimum absolute atomic E-state index is 0.826. The van der Waals surface area contributed by atoms with Crippen LogP contribution in [0.4, 0.5) is 0 Å². The predicted molar refractivity (Wildman–Crippen MR) is 367 cm³/mol. The molecule has 0 aliphatic rings. The van der Waals surface area contributed by atoms with E-state index in [9.17, 15) is 0 Å². The fraction of sp³-hybridized carbons (Fsp3) is 0.0361. The minimum atomic E-state index is 0.826. The summed E-state index contributed by atoms with van der Waals surface area (Å²) in [6, 6.07) is 108. The van der Waals surface area contributed by atoms with E-state index in [4.69, 9.17) is 9.97 Å². The molecule has 0 saturated carbocycles. The first-order valence-corrected chi connectivity index (χ1v) is 30.2. The highest BCUT2D eigenvalue weighted by molar-refractivity contribution is 6.24. The Bertz CT molecular complexity index is 5610. The summed E-state index contributed by atoms with van der Waals surface area (Å²) in [4.78, 5) is 9.99. The van der Waals surface area contributed by atoms with Gasteiger partial charge in [-0.15, -0.1) is 0 Å². The van der Waals surface area contributed by atoms with Crippen molar-refractivity contribution in [1.82, 2.24) is 19.1 Å². The fourth-order valence-corrected chi connectivity index (χ4v) is 14.1. The maximum Gasteiger partial charge on any atom is 0.114 e. The third-order valence-electron chi connectivity index (χ3n) is 18.2. The number of rotatable bonds is 9. The molecule has 0 amide bonds. The number of nitrogens with zero attached hydrogens (tertiary/aromatic N) is 4. The van der Waals surface area contributed by atoms with E-state index < -0.39 is 0 Å². The molecule has 17 aromatic rings. The van der Waals surface area contributed by atoms with Crippen LogP contribution >= 0.6 is 0 Å². The van der Waals surface area contributed by atoms with Crippen LogP contribution in [0, 0.1) is 6.92 Å². The van der Waals surface area contributed by atoms with E-state index in [2.05, 4.69) is 314 Å². The van der Waals surface area contributed by atoms with Crippen molar-refractivity contribution in [3.63, 3.8) is 0 Å². The van der Waals surface area contributed by atoms with Crippen LogP contribution in [0.25, 0.3) is 165 Å². The van der Waals surface area contributed by atoms with Gasteiger partial charge in [0, 0.05) is 17.8 Å². The molecule has 408 valence electrons. The van der Waals surface area contributed by atoms with Gasteiger partial charge in [-0.2, -0.15) is 0 Å². The summed E-state index contributed by atoms with van der Waals surface area (Å²) >= 11 is 0. The second-order valence-corrected chi connectivity index (χ2v) is 23.1. The fourth-order valence-electron chi connectivity index (χ4n) is 14.1. The van der Waals surface area contributed by atoms with E-state index in [1.54, 1.807) is 0 Å². The topological polar surface area (TPSA) is 35.6 Å². The standard InChI is InChI=1S/C83H56N4/c1-3-79-85-76-25-13-15-27-78(76)87(79)66-44-38-58(39-45-66)81-68-21-9-8-20-67(68)80(56-32-28-55(29-33-56)61-34-30-53-16-4-6-18-59(53)48-61)71-46-40-62(50-73(71)81)63-41-47-72-74(51-63)82(57-36-42-65(43-37-57)86-52(2)84-75-24-12-14-26-77(75)86)69-22-10-11-23-70(69)83(72)64-35-31-54-17-5-7-19-60(54)49-64/h4-51H,3H2,1-2H3. The first-order valence-electron chi connectivity index (χ1n) is 30.2. The Hall–Kier alpha value is -11.2. The summed E-state index contributed by atoms with van der Waals surface area (Å²) in [6.07, 6.45) is 0.826. The number of imidazole rings is 2. The molecule has 87 heavy (non-hydrogen) atoms. The van der Waals surface area contributed by atoms with Crippen LogP contribution in [-0.4, -0.2) is 19.1 Å². The van der Waals surface area contributed by atoms with Crippen molar-refractivity contribution in [3.8, 4) is 78.1 Å². The van der Waals surface area contributed by atoms with Crippen molar-refractivity contribution in [2.24, 2.45) is 0 Å². The van der Waals surface area contributed by atoms with Crippen LogP contribution in [0.2, 0.25) is 0 Å². The zero-order valence-corrected chi connectivity index (χ0v) is 48.2. The molecule has 0 fully saturated rings. The van der Waals surface area contributed by atoms with Gasteiger partial charge in [0.25, 0.3) is 0 Å². The largest absolute Gasteiger partial charge is 0.297 e. The molecular formula is C83H56N4. The van der Waals surface area contributed by atoms with Crippen LogP contribution in [0.15, 0.2) is 291 Å². The molecule has 0 spiro atoms. The zero-order chi connectivity index (χ0) is 57.7. The molecule has 4 heteroatoms. The molecule has 2 heterocycles. The SMILES string of the molecule is CCc1nc2ccccc2n1-c1ccc(-c2c3ccccc3c(-c3ccc(-c4ccc5ccccc5c4)cc3)c3ccc(-c4ccc5c(-c6ccc7ccccc7c6)c6ccccc6c(-c6ccc(-n7c(C)nc8ccccc87)cc6)c5c4)cc23)cc1. The molecule has 0 radical (unpaired) electrons. The van der Waals surface area contributed by atoms with Crippen LogP contribution in [0.5, 0.6) is 0 Å². The first kappa shape index (κ1) is 50.3. The molecule has 15 aromatic carbocycles. The molecule has 0 N–H and O–H groups in total. The highest BCUT2D eigenvalue weighted by atomic mass is 15.1. The molecule has 4 nitrogen and oxygen atoms in total. The monoisotopic (exact) mass is 1110 g/mol. The number of para-hydroxylation sites is 4. The van der Waals surface area contributed by atoms with Crippen molar-refractivity contribution >= 4 is 86.7 Å². The van der Waals surface area contributed by atoms with Gasteiger partial charge in [0.2, 0.25) is 0 Å².